The van der Waals surface area contributed by atoms with E-state index in [1.54, 1.807) is 5.57 Å². The molecule has 0 amide bonds. The second-order valence-electron chi connectivity index (χ2n) is 3.78. The molecule has 0 aromatic carbocycles. The first kappa shape index (κ1) is 7.35. The van der Waals surface area contributed by atoms with Crippen molar-refractivity contribution in [3.8, 4) is 0 Å². The van der Waals surface area contributed by atoms with Crippen LogP contribution < -0.4 is 0 Å². The molecule has 2 aliphatic carbocycles. The average molecular weight is 152 g/mol. The number of aliphatic hydroxyl groups excluding tert-OH is 1. The summed E-state index contributed by atoms with van der Waals surface area (Å²) in [4.78, 5) is 0. The fourth-order valence-electron chi connectivity index (χ4n) is 2.40. The Balaban J connectivity index is 2.13. The van der Waals surface area contributed by atoms with Crippen molar-refractivity contribution in [2.45, 2.75) is 44.6 Å². The highest BCUT2D eigenvalue weighted by Gasteiger charge is 2.27. The van der Waals surface area contributed by atoms with Crippen molar-refractivity contribution < 1.29 is 5.11 Å². The van der Waals surface area contributed by atoms with E-state index in [1.807, 2.05) is 0 Å². The zero-order valence-corrected chi connectivity index (χ0v) is 6.92. The third-order valence-corrected chi connectivity index (χ3v) is 3.04. The standard InChI is InChI=1S/C10H16O/c11-10-7-3-5-8-4-1-2-6-9(8)10/h5,9-11H,1-4,6-7H2/t9-,10-/m1/s1. The van der Waals surface area contributed by atoms with E-state index >= 15 is 0 Å². The predicted octanol–water partition coefficient (Wildman–Crippen LogP) is 2.26. The van der Waals surface area contributed by atoms with Crippen LogP contribution in [0.25, 0.3) is 0 Å². The minimum absolute atomic E-state index is 0.0182. The smallest absolute Gasteiger partial charge is 0.0608 e. The summed E-state index contributed by atoms with van der Waals surface area (Å²) in [6.45, 7) is 0. The molecule has 1 heteroatoms. The van der Waals surface area contributed by atoms with Crippen LogP contribution in [0.15, 0.2) is 11.6 Å². The van der Waals surface area contributed by atoms with Gasteiger partial charge in [-0.25, -0.2) is 0 Å². The van der Waals surface area contributed by atoms with Crippen molar-refractivity contribution in [2.24, 2.45) is 5.92 Å². The first-order valence-electron chi connectivity index (χ1n) is 4.75. The summed E-state index contributed by atoms with van der Waals surface area (Å²) < 4.78 is 0. The van der Waals surface area contributed by atoms with Gasteiger partial charge >= 0.3 is 0 Å². The van der Waals surface area contributed by atoms with Crippen molar-refractivity contribution in [3.05, 3.63) is 11.6 Å². The maximum absolute atomic E-state index is 9.66. The van der Waals surface area contributed by atoms with Crippen LogP contribution in [-0.4, -0.2) is 11.2 Å². The molecule has 11 heavy (non-hydrogen) atoms. The lowest BCUT2D eigenvalue weighted by Gasteiger charge is -2.32. The normalized spacial score (nSPS) is 37.7. The number of rotatable bonds is 0. The Bertz CT molecular complexity index is 172. The number of fused-ring (bicyclic) bond motifs is 1. The lowest BCUT2D eigenvalue weighted by molar-refractivity contribution is 0.0962. The Hall–Kier alpha value is -0.300. The Labute approximate surface area is 68.1 Å². The zero-order valence-electron chi connectivity index (χ0n) is 6.92. The molecule has 2 aliphatic rings. The molecule has 0 aliphatic heterocycles. The Kier molecular flexibility index (Phi) is 1.99. The van der Waals surface area contributed by atoms with E-state index < -0.39 is 0 Å². The van der Waals surface area contributed by atoms with Gasteiger partial charge in [-0.2, -0.15) is 0 Å². The van der Waals surface area contributed by atoms with Crippen molar-refractivity contribution in [1.29, 1.82) is 0 Å². The lowest BCUT2D eigenvalue weighted by Crippen LogP contribution is -2.27. The van der Waals surface area contributed by atoms with Gasteiger partial charge in [-0.15, -0.1) is 0 Å². The molecule has 1 saturated carbocycles. The quantitative estimate of drug-likeness (QED) is 0.528. The van der Waals surface area contributed by atoms with Crippen LogP contribution in [-0.2, 0) is 0 Å². The van der Waals surface area contributed by atoms with Gasteiger partial charge in [0.2, 0.25) is 0 Å². The van der Waals surface area contributed by atoms with Crippen LogP contribution in [0.2, 0.25) is 0 Å². The van der Waals surface area contributed by atoms with Gasteiger partial charge in [-0.3, -0.25) is 0 Å². The molecule has 1 nitrogen and oxygen atoms in total. The molecule has 0 unspecified atom stereocenters. The summed E-state index contributed by atoms with van der Waals surface area (Å²) in [6.07, 6.45) is 9.58. The molecular weight excluding hydrogens is 136 g/mol. The van der Waals surface area contributed by atoms with Crippen LogP contribution >= 0.6 is 0 Å². The van der Waals surface area contributed by atoms with E-state index in [1.165, 1.54) is 25.7 Å². The molecule has 1 fully saturated rings. The first-order chi connectivity index (χ1) is 5.38. The molecule has 0 radical (unpaired) electrons. The second-order valence-corrected chi connectivity index (χ2v) is 3.78. The molecule has 0 aromatic rings. The van der Waals surface area contributed by atoms with Gasteiger partial charge in [0, 0.05) is 5.92 Å². The van der Waals surface area contributed by atoms with Crippen molar-refractivity contribution >= 4 is 0 Å². The zero-order chi connectivity index (χ0) is 7.68. The van der Waals surface area contributed by atoms with E-state index in [-0.39, 0.29) is 6.10 Å². The summed E-state index contributed by atoms with van der Waals surface area (Å²) in [6, 6.07) is 0. The molecule has 0 spiro atoms. The van der Waals surface area contributed by atoms with Crippen LogP contribution in [0.3, 0.4) is 0 Å². The highest BCUT2D eigenvalue weighted by atomic mass is 16.3. The van der Waals surface area contributed by atoms with E-state index in [9.17, 15) is 5.11 Å². The molecular formula is C10H16O. The summed E-state index contributed by atoms with van der Waals surface area (Å²) in [5.41, 5.74) is 1.55. The number of hydrogen-bond donors (Lipinski definition) is 1. The van der Waals surface area contributed by atoms with Crippen LogP contribution in [0.1, 0.15) is 38.5 Å². The number of allylic oxidation sites excluding steroid dienone is 1. The summed E-state index contributed by atoms with van der Waals surface area (Å²) in [5, 5.41) is 9.66. The molecule has 2 atom stereocenters. The third-order valence-electron chi connectivity index (χ3n) is 3.04. The minimum atomic E-state index is -0.0182. The fourth-order valence-corrected chi connectivity index (χ4v) is 2.40. The monoisotopic (exact) mass is 152 g/mol. The van der Waals surface area contributed by atoms with Gasteiger partial charge in [-0.1, -0.05) is 18.1 Å². The summed E-state index contributed by atoms with van der Waals surface area (Å²) >= 11 is 0. The van der Waals surface area contributed by atoms with Crippen LogP contribution in [0.5, 0.6) is 0 Å². The third kappa shape index (κ3) is 1.34. The lowest BCUT2D eigenvalue weighted by atomic mass is 9.76. The van der Waals surface area contributed by atoms with Crippen molar-refractivity contribution in [1.82, 2.24) is 0 Å². The Morgan fingerprint density at radius 1 is 1.27 bits per heavy atom. The van der Waals surface area contributed by atoms with Gasteiger partial charge in [0.25, 0.3) is 0 Å². The molecule has 0 aromatic heterocycles. The summed E-state index contributed by atoms with van der Waals surface area (Å²) in [7, 11) is 0. The van der Waals surface area contributed by atoms with Gasteiger partial charge in [0.1, 0.15) is 0 Å². The molecule has 0 saturated heterocycles. The van der Waals surface area contributed by atoms with Crippen LogP contribution in [0.4, 0.5) is 0 Å². The number of hydrogen-bond acceptors (Lipinski definition) is 1. The fraction of sp³-hybridized carbons (Fsp3) is 0.800. The molecule has 0 heterocycles. The molecule has 62 valence electrons. The number of aliphatic hydroxyl groups is 1. The largest absolute Gasteiger partial charge is 0.392 e. The minimum Gasteiger partial charge on any atom is -0.392 e. The van der Waals surface area contributed by atoms with E-state index in [4.69, 9.17) is 0 Å². The van der Waals surface area contributed by atoms with Gasteiger partial charge in [0.05, 0.1) is 6.10 Å². The topological polar surface area (TPSA) is 20.2 Å². The van der Waals surface area contributed by atoms with E-state index in [2.05, 4.69) is 6.08 Å². The second kappa shape index (κ2) is 2.98. The Morgan fingerprint density at radius 2 is 2.18 bits per heavy atom. The SMILES string of the molecule is O[C@@H]1CCC=C2CCCC[C@H]21. The van der Waals surface area contributed by atoms with Gasteiger partial charge in [0.15, 0.2) is 0 Å². The van der Waals surface area contributed by atoms with Gasteiger partial charge < -0.3 is 5.11 Å². The maximum atomic E-state index is 9.66. The average Bonchev–Trinajstić information content (AvgIpc) is 2.06. The Morgan fingerprint density at radius 3 is 3.00 bits per heavy atom. The maximum Gasteiger partial charge on any atom is 0.0608 e. The summed E-state index contributed by atoms with van der Waals surface area (Å²) in [5.74, 6) is 0.539. The van der Waals surface area contributed by atoms with E-state index in [0.29, 0.717) is 5.92 Å². The van der Waals surface area contributed by atoms with Crippen molar-refractivity contribution in [3.63, 3.8) is 0 Å². The van der Waals surface area contributed by atoms with E-state index in [0.717, 1.165) is 12.8 Å². The van der Waals surface area contributed by atoms with Crippen LogP contribution in [0, 0.1) is 5.92 Å². The van der Waals surface area contributed by atoms with Crippen molar-refractivity contribution in [2.75, 3.05) is 0 Å². The highest BCUT2D eigenvalue weighted by molar-refractivity contribution is 5.14. The first-order valence-corrected chi connectivity index (χ1v) is 4.75. The predicted molar refractivity (Wildman–Crippen MR) is 45.3 cm³/mol. The molecule has 1 N–H and O–H groups in total. The highest BCUT2D eigenvalue weighted by Crippen LogP contribution is 2.36. The van der Waals surface area contributed by atoms with Gasteiger partial charge in [-0.05, 0) is 32.1 Å². The molecule has 2 rings (SSSR count). The molecule has 0 bridgehead atoms.